The number of hydrogen-bond donors (Lipinski definition) is 2. The van der Waals surface area contributed by atoms with E-state index < -0.39 is 16.0 Å². The molecule has 106 valence electrons. The van der Waals surface area contributed by atoms with E-state index in [4.69, 9.17) is 5.73 Å². The van der Waals surface area contributed by atoms with Gasteiger partial charge in [0.1, 0.15) is 5.25 Å². The molecule has 0 heterocycles. The van der Waals surface area contributed by atoms with E-state index in [1.807, 2.05) is 0 Å². The summed E-state index contributed by atoms with van der Waals surface area (Å²) in [5.41, 5.74) is 6.20. The van der Waals surface area contributed by atoms with Gasteiger partial charge >= 0.3 is 0 Å². The molecule has 0 aliphatic rings. The highest BCUT2D eigenvalue weighted by Gasteiger charge is 2.20. The summed E-state index contributed by atoms with van der Waals surface area (Å²) in [5, 5.41) is 2.26. The molecule has 1 aromatic rings. The Morgan fingerprint density at radius 1 is 1.26 bits per heavy atom. The molecule has 0 aliphatic carbocycles. The number of nitrogens with two attached hydrogens (primary N) is 1. The molecule has 2 unspecified atom stereocenters. The zero-order chi connectivity index (χ0) is 14.4. The highest BCUT2D eigenvalue weighted by molar-refractivity contribution is 7.86. The summed E-state index contributed by atoms with van der Waals surface area (Å²) < 4.78 is 12.2. The maximum atomic E-state index is 12.2. The van der Waals surface area contributed by atoms with Crippen molar-refractivity contribution in [2.24, 2.45) is 5.92 Å². The van der Waals surface area contributed by atoms with Crippen molar-refractivity contribution in [3.05, 3.63) is 24.3 Å². The number of benzene rings is 1. The SMILES string of the molecule is CC(C)CCNC(=O)C(C)S(=O)c1ccc(N)cc1. The highest BCUT2D eigenvalue weighted by Crippen LogP contribution is 2.13. The molecule has 0 radical (unpaired) electrons. The van der Waals surface area contributed by atoms with E-state index in [1.54, 1.807) is 31.2 Å². The Morgan fingerprint density at radius 2 is 1.84 bits per heavy atom. The van der Waals surface area contributed by atoms with Gasteiger partial charge < -0.3 is 11.1 Å². The van der Waals surface area contributed by atoms with Crippen LogP contribution in [0.5, 0.6) is 0 Å². The third kappa shape index (κ3) is 5.03. The van der Waals surface area contributed by atoms with Gasteiger partial charge in [-0.15, -0.1) is 0 Å². The van der Waals surface area contributed by atoms with Crippen LogP contribution in [-0.4, -0.2) is 21.9 Å². The second-order valence-corrected chi connectivity index (χ2v) is 6.76. The molecule has 0 saturated heterocycles. The van der Waals surface area contributed by atoms with Crippen LogP contribution in [0.15, 0.2) is 29.2 Å². The number of amides is 1. The van der Waals surface area contributed by atoms with E-state index in [2.05, 4.69) is 19.2 Å². The first-order valence-electron chi connectivity index (χ1n) is 6.45. The van der Waals surface area contributed by atoms with Crippen LogP contribution in [0.3, 0.4) is 0 Å². The number of carbonyl (C=O) groups is 1. The molecule has 19 heavy (non-hydrogen) atoms. The Labute approximate surface area is 117 Å². The van der Waals surface area contributed by atoms with Gasteiger partial charge in [-0.2, -0.15) is 0 Å². The van der Waals surface area contributed by atoms with Crippen LogP contribution in [0.25, 0.3) is 0 Å². The van der Waals surface area contributed by atoms with Gasteiger partial charge in [0.25, 0.3) is 0 Å². The highest BCUT2D eigenvalue weighted by atomic mass is 32.2. The normalized spacial score (nSPS) is 14.1. The maximum absolute atomic E-state index is 12.2. The first kappa shape index (κ1) is 15.7. The predicted molar refractivity (Wildman–Crippen MR) is 79.2 cm³/mol. The Hall–Kier alpha value is -1.36. The zero-order valence-electron chi connectivity index (χ0n) is 11.7. The van der Waals surface area contributed by atoms with Crippen LogP contribution in [-0.2, 0) is 15.6 Å². The minimum absolute atomic E-state index is 0.171. The molecule has 2 atom stereocenters. The quantitative estimate of drug-likeness (QED) is 0.783. The van der Waals surface area contributed by atoms with Crippen molar-refractivity contribution in [3.8, 4) is 0 Å². The van der Waals surface area contributed by atoms with Crippen molar-refractivity contribution in [2.45, 2.75) is 37.3 Å². The summed E-state index contributed by atoms with van der Waals surface area (Å²) in [6.45, 7) is 6.50. The number of nitrogens with one attached hydrogen (secondary N) is 1. The summed E-state index contributed by atoms with van der Waals surface area (Å²) in [6, 6.07) is 6.78. The summed E-state index contributed by atoms with van der Waals surface area (Å²) >= 11 is 0. The van der Waals surface area contributed by atoms with Crippen molar-refractivity contribution in [2.75, 3.05) is 12.3 Å². The monoisotopic (exact) mass is 282 g/mol. The first-order valence-corrected chi connectivity index (χ1v) is 7.67. The molecular weight excluding hydrogens is 260 g/mol. The number of anilines is 1. The summed E-state index contributed by atoms with van der Waals surface area (Å²) in [6.07, 6.45) is 0.924. The van der Waals surface area contributed by atoms with Crippen LogP contribution in [0.1, 0.15) is 27.2 Å². The van der Waals surface area contributed by atoms with E-state index in [1.165, 1.54) is 0 Å². The van der Waals surface area contributed by atoms with Crippen LogP contribution in [0, 0.1) is 5.92 Å². The van der Waals surface area contributed by atoms with Gasteiger partial charge in [0, 0.05) is 17.1 Å². The van der Waals surface area contributed by atoms with Crippen molar-refractivity contribution < 1.29 is 9.00 Å². The molecule has 0 bridgehead atoms. The molecule has 0 aromatic heterocycles. The van der Waals surface area contributed by atoms with Gasteiger partial charge in [0.15, 0.2) is 0 Å². The van der Waals surface area contributed by atoms with Gasteiger partial charge in [-0.25, -0.2) is 0 Å². The molecule has 0 fully saturated rings. The lowest BCUT2D eigenvalue weighted by Crippen LogP contribution is -2.36. The zero-order valence-corrected chi connectivity index (χ0v) is 12.5. The topological polar surface area (TPSA) is 72.2 Å². The second kappa shape index (κ2) is 7.28. The second-order valence-electron chi connectivity index (χ2n) is 4.98. The summed E-state index contributed by atoms with van der Waals surface area (Å²) in [5.74, 6) is 0.369. The molecule has 0 saturated carbocycles. The van der Waals surface area contributed by atoms with Crippen LogP contribution >= 0.6 is 0 Å². The van der Waals surface area contributed by atoms with Crippen molar-refractivity contribution >= 4 is 22.4 Å². The fourth-order valence-electron chi connectivity index (χ4n) is 1.53. The van der Waals surface area contributed by atoms with Gasteiger partial charge in [-0.1, -0.05) is 13.8 Å². The largest absolute Gasteiger partial charge is 0.399 e. The molecule has 0 spiro atoms. The first-order chi connectivity index (χ1) is 8.91. The van der Waals surface area contributed by atoms with Crippen LogP contribution in [0.4, 0.5) is 5.69 Å². The smallest absolute Gasteiger partial charge is 0.235 e. The third-order valence-corrected chi connectivity index (χ3v) is 4.42. The van der Waals surface area contributed by atoms with Gasteiger partial charge in [-0.05, 0) is 43.5 Å². The van der Waals surface area contributed by atoms with Crippen molar-refractivity contribution in [3.63, 3.8) is 0 Å². The van der Waals surface area contributed by atoms with Gasteiger partial charge in [-0.3, -0.25) is 9.00 Å². The Morgan fingerprint density at radius 3 is 2.37 bits per heavy atom. The lowest BCUT2D eigenvalue weighted by atomic mass is 10.1. The third-order valence-electron chi connectivity index (χ3n) is 2.82. The predicted octanol–water partition coefficient (Wildman–Crippen LogP) is 1.93. The van der Waals surface area contributed by atoms with E-state index in [-0.39, 0.29) is 5.91 Å². The fraction of sp³-hybridized carbons (Fsp3) is 0.500. The molecule has 1 aromatic carbocycles. The minimum Gasteiger partial charge on any atom is -0.399 e. The van der Waals surface area contributed by atoms with Crippen molar-refractivity contribution in [1.29, 1.82) is 0 Å². The lowest BCUT2D eigenvalue weighted by Gasteiger charge is -2.13. The van der Waals surface area contributed by atoms with E-state index >= 15 is 0 Å². The minimum atomic E-state index is -1.35. The number of nitrogen functional groups attached to an aromatic ring is 1. The molecule has 4 nitrogen and oxygen atoms in total. The molecule has 5 heteroatoms. The standard InChI is InChI=1S/C14H22N2O2S/c1-10(2)8-9-16-14(17)11(3)19(18)13-6-4-12(15)5-7-13/h4-7,10-11H,8-9,15H2,1-3H3,(H,16,17). The van der Waals surface area contributed by atoms with Gasteiger partial charge in [0.2, 0.25) is 5.91 Å². The lowest BCUT2D eigenvalue weighted by molar-refractivity contribution is -0.120. The molecule has 1 amide bonds. The molecular formula is C14H22N2O2S. The molecule has 3 N–H and O–H groups in total. The van der Waals surface area contributed by atoms with Gasteiger partial charge in [0.05, 0.1) is 10.8 Å². The number of hydrogen-bond acceptors (Lipinski definition) is 3. The molecule has 0 aliphatic heterocycles. The summed E-state index contributed by atoms with van der Waals surface area (Å²) in [4.78, 5) is 12.5. The number of rotatable bonds is 6. The Kier molecular flexibility index (Phi) is 6.02. The summed E-state index contributed by atoms with van der Waals surface area (Å²) in [7, 11) is -1.35. The Bertz CT molecular complexity index is 443. The van der Waals surface area contributed by atoms with Crippen molar-refractivity contribution in [1.82, 2.24) is 5.32 Å². The molecule has 1 rings (SSSR count). The van der Waals surface area contributed by atoms with E-state index in [9.17, 15) is 9.00 Å². The Balaban J connectivity index is 2.56. The average Bonchev–Trinajstić information content (AvgIpc) is 2.37. The van der Waals surface area contributed by atoms with Crippen LogP contribution in [0.2, 0.25) is 0 Å². The average molecular weight is 282 g/mol. The fourth-order valence-corrected chi connectivity index (χ4v) is 2.62. The maximum Gasteiger partial charge on any atom is 0.235 e. The van der Waals surface area contributed by atoms with E-state index in [0.29, 0.717) is 23.0 Å². The number of carbonyl (C=O) groups excluding carboxylic acids is 1. The van der Waals surface area contributed by atoms with E-state index in [0.717, 1.165) is 6.42 Å². The van der Waals surface area contributed by atoms with Crippen LogP contribution < -0.4 is 11.1 Å².